The molecule has 0 aliphatic carbocycles. The Labute approximate surface area is 114 Å². The second kappa shape index (κ2) is 4.85. The summed E-state index contributed by atoms with van der Waals surface area (Å²) in [5.74, 6) is 0. The smallest absolute Gasteiger partial charge is 0.317 e. The van der Waals surface area contributed by atoms with Gasteiger partial charge in [0.25, 0.3) is 0 Å². The second-order valence-electron chi connectivity index (χ2n) is 5.83. The van der Waals surface area contributed by atoms with Crippen LogP contribution in [0.1, 0.15) is 18.4 Å². The van der Waals surface area contributed by atoms with Crippen molar-refractivity contribution in [3.8, 4) is 0 Å². The molecule has 2 heterocycles. The fourth-order valence-electron chi connectivity index (χ4n) is 3.15. The standard InChI is InChI=1S/C15H21N3O/c1-17-12-15(16-14(17)19)7-9-18(10-8-15)11-13-5-3-2-4-6-13/h2-6H,7-12H2,1H3,(H,16,19). The summed E-state index contributed by atoms with van der Waals surface area (Å²) in [6, 6.07) is 10.7. The molecule has 1 N–H and O–H groups in total. The van der Waals surface area contributed by atoms with Gasteiger partial charge in [0.05, 0.1) is 5.54 Å². The Balaban J connectivity index is 1.57. The lowest BCUT2D eigenvalue weighted by Crippen LogP contribution is -2.52. The molecule has 0 aromatic heterocycles. The number of carbonyl (C=O) groups is 1. The SMILES string of the molecule is CN1CC2(CCN(Cc3ccccc3)CC2)NC1=O. The number of benzene rings is 1. The van der Waals surface area contributed by atoms with Crippen molar-refractivity contribution in [3.63, 3.8) is 0 Å². The number of likely N-dealkylation sites (tertiary alicyclic amines) is 1. The Morgan fingerprint density at radius 1 is 1.21 bits per heavy atom. The summed E-state index contributed by atoms with van der Waals surface area (Å²) >= 11 is 0. The molecule has 4 heteroatoms. The Morgan fingerprint density at radius 3 is 2.47 bits per heavy atom. The van der Waals surface area contributed by atoms with Crippen molar-refractivity contribution >= 4 is 6.03 Å². The van der Waals surface area contributed by atoms with Gasteiger partial charge < -0.3 is 10.2 Å². The molecule has 0 unspecified atom stereocenters. The van der Waals surface area contributed by atoms with E-state index in [-0.39, 0.29) is 11.6 Å². The van der Waals surface area contributed by atoms with Gasteiger partial charge in [0.1, 0.15) is 0 Å². The van der Waals surface area contributed by atoms with Gasteiger partial charge in [0.2, 0.25) is 0 Å². The molecule has 3 rings (SSSR count). The molecule has 2 amide bonds. The Kier molecular flexibility index (Phi) is 3.19. The van der Waals surface area contributed by atoms with Gasteiger partial charge in [0, 0.05) is 33.2 Å². The maximum Gasteiger partial charge on any atom is 0.317 e. The molecule has 1 spiro atoms. The first-order chi connectivity index (χ1) is 9.17. The van der Waals surface area contributed by atoms with Crippen molar-refractivity contribution in [1.82, 2.24) is 15.1 Å². The molecular formula is C15H21N3O. The van der Waals surface area contributed by atoms with Crippen LogP contribution in [0, 0.1) is 0 Å². The Hall–Kier alpha value is -1.55. The highest BCUT2D eigenvalue weighted by Gasteiger charge is 2.42. The third-order valence-corrected chi connectivity index (χ3v) is 4.32. The molecule has 0 atom stereocenters. The molecular weight excluding hydrogens is 238 g/mol. The van der Waals surface area contributed by atoms with Crippen LogP contribution in [0.3, 0.4) is 0 Å². The van der Waals surface area contributed by atoms with Gasteiger partial charge in [-0.05, 0) is 18.4 Å². The van der Waals surface area contributed by atoms with Crippen molar-refractivity contribution in [1.29, 1.82) is 0 Å². The maximum absolute atomic E-state index is 11.6. The van der Waals surface area contributed by atoms with Crippen LogP contribution in [0.25, 0.3) is 0 Å². The van der Waals surface area contributed by atoms with E-state index >= 15 is 0 Å². The van der Waals surface area contributed by atoms with Crippen LogP contribution in [0.4, 0.5) is 4.79 Å². The third kappa shape index (κ3) is 2.59. The Morgan fingerprint density at radius 2 is 1.89 bits per heavy atom. The van der Waals surface area contributed by atoms with E-state index < -0.39 is 0 Å². The number of likely N-dealkylation sites (N-methyl/N-ethyl adjacent to an activating group) is 1. The van der Waals surface area contributed by atoms with E-state index in [2.05, 4.69) is 40.5 Å². The number of hydrogen-bond donors (Lipinski definition) is 1. The second-order valence-corrected chi connectivity index (χ2v) is 5.83. The van der Waals surface area contributed by atoms with E-state index in [1.54, 1.807) is 4.90 Å². The quantitative estimate of drug-likeness (QED) is 0.877. The molecule has 1 aromatic carbocycles. The van der Waals surface area contributed by atoms with Crippen molar-refractivity contribution in [2.45, 2.75) is 24.9 Å². The predicted molar refractivity (Wildman–Crippen MR) is 74.8 cm³/mol. The van der Waals surface area contributed by atoms with Crippen LogP contribution < -0.4 is 5.32 Å². The van der Waals surface area contributed by atoms with E-state index in [1.807, 2.05) is 7.05 Å². The minimum Gasteiger partial charge on any atom is -0.331 e. The van der Waals surface area contributed by atoms with E-state index in [4.69, 9.17) is 0 Å². The van der Waals surface area contributed by atoms with Crippen LogP contribution in [0.5, 0.6) is 0 Å². The molecule has 102 valence electrons. The van der Waals surface area contributed by atoms with Gasteiger partial charge in [-0.25, -0.2) is 4.79 Å². The monoisotopic (exact) mass is 259 g/mol. The lowest BCUT2D eigenvalue weighted by molar-refractivity contribution is 0.145. The average molecular weight is 259 g/mol. The first-order valence-electron chi connectivity index (χ1n) is 6.96. The summed E-state index contributed by atoms with van der Waals surface area (Å²) in [4.78, 5) is 15.9. The Bertz CT molecular complexity index is 452. The van der Waals surface area contributed by atoms with Gasteiger partial charge in [0.15, 0.2) is 0 Å². The first-order valence-corrected chi connectivity index (χ1v) is 6.96. The fourth-order valence-corrected chi connectivity index (χ4v) is 3.15. The van der Waals surface area contributed by atoms with Crippen molar-refractivity contribution in [2.24, 2.45) is 0 Å². The number of nitrogens with one attached hydrogen (secondary N) is 1. The zero-order valence-electron chi connectivity index (χ0n) is 11.4. The van der Waals surface area contributed by atoms with Crippen molar-refractivity contribution in [3.05, 3.63) is 35.9 Å². The summed E-state index contributed by atoms with van der Waals surface area (Å²) in [6.07, 6.45) is 2.10. The normalized spacial score (nSPS) is 22.8. The van der Waals surface area contributed by atoms with Crippen LogP contribution in [0.15, 0.2) is 30.3 Å². The van der Waals surface area contributed by atoms with Crippen LogP contribution >= 0.6 is 0 Å². The minimum absolute atomic E-state index is 0.0268. The van der Waals surface area contributed by atoms with Crippen LogP contribution in [-0.2, 0) is 6.54 Å². The zero-order chi connectivity index (χ0) is 13.3. The maximum atomic E-state index is 11.6. The topological polar surface area (TPSA) is 35.6 Å². The number of carbonyl (C=O) groups excluding carboxylic acids is 1. The number of nitrogens with zero attached hydrogens (tertiary/aromatic N) is 2. The summed E-state index contributed by atoms with van der Waals surface area (Å²) in [6.45, 7) is 3.98. The van der Waals surface area contributed by atoms with E-state index in [9.17, 15) is 4.79 Å². The average Bonchev–Trinajstić information content (AvgIpc) is 2.69. The molecule has 0 radical (unpaired) electrons. The number of urea groups is 1. The molecule has 2 aliphatic heterocycles. The van der Waals surface area contributed by atoms with Gasteiger partial charge in [-0.1, -0.05) is 30.3 Å². The lowest BCUT2D eigenvalue weighted by Gasteiger charge is -2.38. The first kappa shape index (κ1) is 12.5. The molecule has 2 saturated heterocycles. The number of rotatable bonds is 2. The molecule has 2 fully saturated rings. The number of hydrogen-bond acceptors (Lipinski definition) is 2. The lowest BCUT2D eigenvalue weighted by atomic mass is 9.88. The van der Waals surface area contributed by atoms with Crippen molar-refractivity contribution < 1.29 is 4.79 Å². The van der Waals surface area contributed by atoms with E-state index in [0.717, 1.165) is 39.0 Å². The molecule has 1 aromatic rings. The summed E-state index contributed by atoms with van der Waals surface area (Å²) < 4.78 is 0. The highest BCUT2D eigenvalue weighted by molar-refractivity contribution is 5.77. The number of amides is 2. The van der Waals surface area contributed by atoms with Gasteiger partial charge >= 0.3 is 6.03 Å². The summed E-state index contributed by atoms with van der Waals surface area (Å²) in [5, 5.41) is 3.16. The molecule has 19 heavy (non-hydrogen) atoms. The highest BCUT2D eigenvalue weighted by atomic mass is 16.2. The third-order valence-electron chi connectivity index (χ3n) is 4.32. The largest absolute Gasteiger partial charge is 0.331 e. The van der Waals surface area contributed by atoms with Crippen LogP contribution in [-0.4, -0.2) is 48.1 Å². The highest BCUT2D eigenvalue weighted by Crippen LogP contribution is 2.27. The van der Waals surface area contributed by atoms with Crippen molar-refractivity contribution in [2.75, 3.05) is 26.7 Å². The van der Waals surface area contributed by atoms with Crippen LogP contribution in [0.2, 0.25) is 0 Å². The van der Waals surface area contributed by atoms with Gasteiger partial charge in [-0.3, -0.25) is 4.90 Å². The number of piperidine rings is 1. The summed E-state index contributed by atoms with van der Waals surface area (Å²) in [7, 11) is 1.88. The fraction of sp³-hybridized carbons (Fsp3) is 0.533. The van der Waals surface area contributed by atoms with E-state index in [1.165, 1.54) is 5.56 Å². The predicted octanol–water partition coefficient (Wildman–Crippen LogP) is 1.68. The molecule has 0 bridgehead atoms. The molecule has 2 aliphatic rings. The van der Waals surface area contributed by atoms with Gasteiger partial charge in [-0.2, -0.15) is 0 Å². The van der Waals surface area contributed by atoms with E-state index in [0.29, 0.717) is 0 Å². The minimum atomic E-state index is 0.0268. The van der Waals surface area contributed by atoms with Gasteiger partial charge in [-0.15, -0.1) is 0 Å². The molecule has 4 nitrogen and oxygen atoms in total. The molecule has 0 saturated carbocycles. The zero-order valence-corrected chi connectivity index (χ0v) is 11.4. The summed E-state index contributed by atoms with van der Waals surface area (Å²) in [5.41, 5.74) is 1.39.